The Bertz CT molecular complexity index is 1030. The third-order valence-electron chi connectivity index (χ3n) is 4.42. The molecule has 1 aromatic heterocycles. The molecular weight excluding hydrogens is 338 g/mol. The summed E-state index contributed by atoms with van der Waals surface area (Å²) in [5.41, 5.74) is 3.06. The summed E-state index contributed by atoms with van der Waals surface area (Å²) in [7, 11) is 0. The molecule has 0 spiro atoms. The molecule has 0 saturated heterocycles. The van der Waals surface area contributed by atoms with E-state index in [1.54, 1.807) is 30.5 Å². The number of hydrogen-bond acceptors (Lipinski definition) is 3. The lowest BCUT2D eigenvalue weighted by Gasteiger charge is -2.07. The summed E-state index contributed by atoms with van der Waals surface area (Å²) >= 11 is 0. The minimum Gasteiger partial charge on any atom is -0.326 e. The van der Waals surface area contributed by atoms with Crippen molar-refractivity contribution in [3.05, 3.63) is 72.4 Å². The van der Waals surface area contributed by atoms with Gasteiger partial charge in [-0.15, -0.1) is 0 Å². The number of anilines is 2. The molecule has 5 nitrogen and oxygen atoms in total. The van der Waals surface area contributed by atoms with Crippen LogP contribution in [-0.4, -0.2) is 16.8 Å². The molecule has 5 heteroatoms. The van der Waals surface area contributed by atoms with Crippen LogP contribution in [-0.2, 0) is 9.59 Å². The maximum atomic E-state index is 12.3. The number of nitrogens with zero attached hydrogens (tertiary/aromatic N) is 1. The molecule has 0 aliphatic heterocycles. The Balaban J connectivity index is 1.44. The highest BCUT2D eigenvalue weighted by Crippen LogP contribution is 2.30. The lowest BCUT2D eigenvalue weighted by Crippen LogP contribution is -2.14. The number of carbonyl (C=O) groups excluding carboxylic acids is 2. The third kappa shape index (κ3) is 4.20. The molecule has 2 N–H and O–H groups in total. The van der Waals surface area contributed by atoms with Crippen LogP contribution in [0.25, 0.3) is 17.0 Å². The summed E-state index contributed by atoms with van der Waals surface area (Å²) in [5.74, 6) is -0.0593. The van der Waals surface area contributed by atoms with Crippen LogP contribution >= 0.6 is 0 Å². The summed E-state index contributed by atoms with van der Waals surface area (Å²) in [5, 5.41) is 6.73. The van der Waals surface area contributed by atoms with Crippen molar-refractivity contribution in [2.45, 2.75) is 12.8 Å². The standard InChI is InChI=1S/C22H19N3O2/c26-20(12-11-16-5-1-4-15-6-3-13-23-21(15)16)24-18-7-2-8-19(14-18)25-22(27)17-9-10-17/h1-8,11-14,17H,9-10H2,(H,24,26)(H,25,27)/b12-11+. The quantitative estimate of drug-likeness (QED) is 0.671. The normalized spacial score (nSPS) is 13.6. The van der Waals surface area contributed by atoms with Crippen LogP contribution in [0.4, 0.5) is 11.4 Å². The summed E-state index contributed by atoms with van der Waals surface area (Å²) in [6.45, 7) is 0. The first-order chi connectivity index (χ1) is 13.2. The second-order valence-electron chi connectivity index (χ2n) is 6.59. The van der Waals surface area contributed by atoms with E-state index in [0.717, 1.165) is 29.3 Å². The van der Waals surface area contributed by atoms with Gasteiger partial charge in [0.15, 0.2) is 0 Å². The van der Waals surface area contributed by atoms with Gasteiger partial charge in [-0.05, 0) is 43.2 Å². The number of para-hydroxylation sites is 1. The van der Waals surface area contributed by atoms with Gasteiger partial charge in [-0.2, -0.15) is 0 Å². The number of benzene rings is 2. The Morgan fingerprint density at radius 3 is 2.52 bits per heavy atom. The summed E-state index contributed by atoms with van der Waals surface area (Å²) in [4.78, 5) is 28.5. The van der Waals surface area contributed by atoms with Crippen molar-refractivity contribution in [3.63, 3.8) is 0 Å². The van der Waals surface area contributed by atoms with Gasteiger partial charge in [-0.1, -0.05) is 30.3 Å². The van der Waals surface area contributed by atoms with E-state index in [4.69, 9.17) is 0 Å². The van der Waals surface area contributed by atoms with E-state index in [1.165, 1.54) is 6.08 Å². The molecule has 0 bridgehead atoms. The number of pyridine rings is 1. The van der Waals surface area contributed by atoms with Crippen LogP contribution in [0.3, 0.4) is 0 Å². The maximum absolute atomic E-state index is 12.3. The van der Waals surface area contributed by atoms with E-state index in [1.807, 2.05) is 36.4 Å². The molecule has 0 radical (unpaired) electrons. The predicted molar refractivity (Wildman–Crippen MR) is 107 cm³/mol. The van der Waals surface area contributed by atoms with Gasteiger partial charge < -0.3 is 10.6 Å². The fourth-order valence-electron chi connectivity index (χ4n) is 2.88. The minimum absolute atomic E-state index is 0.0434. The highest BCUT2D eigenvalue weighted by Gasteiger charge is 2.29. The van der Waals surface area contributed by atoms with E-state index in [9.17, 15) is 9.59 Å². The van der Waals surface area contributed by atoms with Gasteiger partial charge in [0.05, 0.1) is 5.52 Å². The molecule has 1 heterocycles. The summed E-state index contributed by atoms with van der Waals surface area (Å²) in [6, 6.07) is 16.9. The van der Waals surface area contributed by atoms with Crippen molar-refractivity contribution in [1.82, 2.24) is 4.98 Å². The molecule has 4 rings (SSSR count). The Hall–Kier alpha value is -3.47. The van der Waals surface area contributed by atoms with E-state index in [0.29, 0.717) is 11.4 Å². The average Bonchev–Trinajstić information content (AvgIpc) is 3.52. The Labute approximate surface area is 157 Å². The van der Waals surface area contributed by atoms with Crippen molar-refractivity contribution < 1.29 is 9.59 Å². The molecule has 1 fully saturated rings. The van der Waals surface area contributed by atoms with Gasteiger partial charge >= 0.3 is 0 Å². The second-order valence-corrected chi connectivity index (χ2v) is 6.59. The topological polar surface area (TPSA) is 71.1 Å². The zero-order valence-electron chi connectivity index (χ0n) is 14.7. The number of rotatable bonds is 5. The van der Waals surface area contributed by atoms with Crippen molar-refractivity contribution in [1.29, 1.82) is 0 Å². The van der Waals surface area contributed by atoms with Gasteiger partial charge in [-0.3, -0.25) is 14.6 Å². The van der Waals surface area contributed by atoms with Crippen LogP contribution in [0.5, 0.6) is 0 Å². The third-order valence-corrected chi connectivity index (χ3v) is 4.42. The number of amides is 2. The van der Waals surface area contributed by atoms with E-state index < -0.39 is 0 Å². The van der Waals surface area contributed by atoms with Crippen molar-refractivity contribution in [2.24, 2.45) is 5.92 Å². The lowest BCUT2D eigenvalue weighted by molar-refractivity contribution is -0.117. The molecule has 27 heavy (non-hydrogen) atoms. The van der Waals surface area contributed by atoms with Crippen LogP contribution in [0.1, 0.15) is 18.4 Å². The van der Waals surface area contributed by atoms with Gasteiger partial charge in [0.25, 0.3) is 0 Å². The molecule has 0 unspecified atom stereocenters. The monoisotopic (exact) mass is 357 g/mol. The van der Waals surface area contributed by atoms with Gasteiger partial charge in [-0.25, -0.2) is 0 Å². The van der Waals surface area contributed by atoms with E-state index in [2.05, 4.69) is 15.6 Å². The smallest absolute Gasteiger partial charge is 0.248 e. The minimum atomic E-state index is -0.242. The zero-order valence-corrected chi connectivity index (χ0v) is 14.7. The first kappa shape index (κ1) is 17.0. The molecule has 1 aliphatic carbocycles. The molecule has 2 amide bonds. The Morgan fingerprint density at radius 1 is 0.963 bits per heavy atom. The SMILES string of the molecule is O=C(/C=C/c1cccc2cccnc12)Nc1cccc(NC(=O)C2CC2)c1. The molecule has 3 aromatic rings. The first-order valence-corrected chi connectivity index (χ1v) is 8.93. The molecular formula is C22H19N3O2. The molecule has 1 saturated carbocycles. The average molecular weight is 357 g/mol. The Kier molecular flexibility index (Phi) is 4.66. The van der Waals surface area contributed by atoms with Crippen molar-refractivity contribution in [2.75, 3.05) is 10.6 Å². The largest absolute Gasteiger partial charge is 0.326 e. The molecule has 134 valence electrons. The van der Waals surface area contributed by atoms with Crippen LogP contribution in [0.15, 0.2) is 66.9 Å². The number of hydrogen-bond donors (Lipinski definition) is 2. The van der Waals surface area contributed by atoms with Crippen LogP contribution in [0, 0.1) is 5.92 Å². The van der Waals surface area contributed by atoms with Gasteiger partial charge in [0.1, 0.15) is 0 Å². The van der Waals surface area contributed by atoms with Crippen molar-refractivity contribution in [3.8, 4) is 0 Å². The summed E-state index contributed by atoms with van der Waals surface area (Å²) < 4.78 is 0. The number of nitrogens with one attached hydrogen (secondary N) is 2. The fraction of sp³-hybridized carbons (Fsp3) is 0.136. The number of aromatic nitrogens is 1. The predicted octanol–water partition coefficient (Wildman–Crippen LogP) is 4.24. The highest BCUT2D eigenvalue weighted by molar-refractivity contribution is 6.03. The fourth-order valence-corrected chi connectivity index (χ4v) is 2.88. The van der Waals surface area contributed by atoms with Gasteiger partial charge in [0.2, 0.25) is 11.8 Å². The van der Waals surface area contributed by atoms with E-state index in [-0.39, 0.29) is 17.7 Å². The second kappa shape index (κ2) is 7.41. The van der Waals surface area contributed by atoms with Gasteiger partial charge in [0, 0.05) is 40.5 Å². The molecule has 2 aromatic carbocycles. The van der Waals surface area contributed by atoms with Crippen LogP contribution in [0.2, 0.25) is 0 Å². The van der Waals surface area contributed by atoms with E-state index >= 15 is 0 Å². The lowest BCUT2D eigenvalue weighted by atomic mass is 10.1. The highest BCUT2D eigenvalue weighted by atomic mass is 16.2. The maximum Gasteiger partial charge on any atom is 0.248 e. The number of fused-ring (bicyclic) bond motifs is 1. The summed E-state index contributed by atoms with van der Waals surface area (Å²) in [6.07, 6.45) is 6.88. The zero-order chi connectivity index (χ0) is 18.6. The van der Waals surface area contributed by atoms with Crippen LogP contribution < -0.4 is 10.6 Å². The number of carbonyl (C=O) groups is 2. The molecule has 0 atom stereocenters. The molecule has 1 aliphatic rings. The first-order valence-electron chi connectivity index (χ1n) is 8.93. The van der Waals surface area contributed by atoms with Crippen molar-refractivity contribution >= 4 is 40.2 Å². The Morgan fingerprint density at radius 2 is 1.70 bits per heavy atom.